The largest absolute Gasteiger partial charge is 0.298 e. The van der Waals surface area contributed by atoms with Crippen LogP contribution in [-0.2, 0) is 4.79 Å². The number of likely N-dealkylation sites (N-methyl/N-ethyl adjacent to an activating group) is 1. The number of rotatable bonds is 0. The lowest BCUT2D eigenvalue weighted by atomic mass is 10.5. The van der Waals surface area contributed by atoms with Crippen molar-refractivity contribution in [3.63, 3.8) is 0 Å². The summed E-state index contributed by atoms with van der Waals surface area (Å²) in [4.78, 5) is 16.2. The molecule has 0 fully saturated rings. The first kappa shape index (κ1) is 6.01. The summed E-state index contributed by atoms with van der Waals surface area (Å²) in [5, 5.41) is 0. The van der Waals surface area contributed by atoms with E-state index in [0.717, 1.165) is 0 Å². The van der Waals surface area contributed by atoms with Crippen LogP contribution in [0.2, 0.25) is 0 Å². The van der Waals surface area contributed by atoms with Gasteiger partial charge in [0, 0.05) is 7.05 Å². The zero-order valence-corrected chi connectivity index (χ0v) is 5.51. The van der Waals surface area contributed by atoms with Crippen molar-refractivity contribution >= 4 is 11.7 Å². The van der Waals surface area contributed by atoms with Crippen molar-refractivity contribution in [2.45, 2.75) is 6.92 Å². The maximum absolute atomic E-state index is 10.8. The summed E-state index contributed by atoms with van der Waals surface area (Å²) >= 11 is 0. The fourth-order valence-electron chi connectivity index (χ4n) is 0.659. The van der Waals surface area contributed by atoms with E-state index in [2.05, 4.69) is 11.6 Å². The molecule has 1 amide bonds. The highest BCUT2D eigenvalue weighted by molar-refractivity contribution is 6.10. The molecule has 0 saturated carbocycles. The number of carbonyl (C=O) groups is 1. The third-order valence-corrected chi connectivity index (χ3v) is 1.33. The Bertz CT molecular complexity index is 205. The molecule has 0 radical (unpaired) electrons. The van der Waals surface area contributed by atoms with Crippen LogP contribution >= 0.6 is 0 Å². The number of amidine groups is 1. The summed E-state index contributed by atoms with van der Waals surface area (Å²) in [6.07, 6.45) is 0. The van der Waals surface area contributed by atoms with Gasteiger partial charge in [-0.05, 0) is 6.92 Å². The first-order valence-corrected chi connectivity index (χ1v) is 2.65. The highest BCUT2D eigenvalue weighted by Gasteiger charge is 2.20. The van der Waals surface area contributed by atoms with E-state index < -0.39 is 0 Å². The van der Waals surface area contributed by atoms with Crippen molar-refractivity contribution in [1.82, 2.24) is 4.90 Å². The van der Waals surface area contributed by atoms with Gasteiger partial charge in [0.2, 0.25) is 0 Å². The smallest absolute Gasteiger partial charge is 0.276 e. The van der Waals surface area contributed by atoms with Crippen LogP contribution in [0, 0.1) is 0 Å². The second kappa shape index (κ2) is 1.69. The van der Waals surface area contributed by atoms with E-state index in [1.54, 1.807) is 14.0 Å². The van der Waals surface area contributed by atoms with Crippen molar-refractivity contribution in [1.29, 1.82) is 0 Å². The number of aliphatic imine (C=N–C) groups is 1. The van der Waals surface area contributed by atoms with Crippen LogP contribution in [0.5, 0.6) is 0 Å². The maximum atomic E-state index is 10.8. The lowest BCUT2D eigenvalue weighted by Gasteiger charge is -2.05. The van der Waals surface area contributed by atoms with E-state index in [9.17, 15) is 4.79 Å². The van der Waals surface area contributed by atoms with Crippen LogP contribution in [0.25, 0.3) is 0 Å². The molecule has 0 aliphatic carbocycles. The number of carbonyl (C=O) groups excluding carboxylic acids is 1. The van der Waals surface area contributed by atoms with Gasteiger partial charge in [-0.15, -0.1) is 0 Å². The van der Waals surface area contributed by atoms with E-state index in [4.69, 9.17) is 0 Å². The van der Waals surface area contributed by atoms with Gasteiger partial charge in [0.05, 0.1) is 0 Å². The topological polar surface area (TPSA) is 32.7 Å². The fourth-order valence-corrected chi connectivity index (χ4v) is 0.659. The monoisotopic (exact) mass is 124 g/mol. The predicted octanol–water partition coefficient (Wildman–Crippen LogP) is 0.391. The minimum absolute atomic E-state index is 0.104. The zero-order valence-electron chi connectivity index (χ0n) is 5.51. The van der Waals surface area contributed by atoms with E-state index in [-0.39, 0.29) is 5.91 Å². The van der Waals surface area contributed by atoms with Gasteiger partial charge >= 0.3 is 0 Å². The lowest BCUT2D eigenvalue weighted by Crippen LogP contribution is -2.24. The van der Waals surface area contributed by atoms with Crippen LogP contribution in [-0.4, -0.2) is 23.7 Å². The molecule has 1 heterocycles. The highest BCUT2D eigenvalue weighted by atomic mass is 16.2. The first-order chi connectivity index (χ1) is 4.13. The molecule has 0 bridgehead atoms. The number of nitrogens with zero attached hydrogens (tertiary/aromatic N) is 2. The van der Waals surface area contributed by atoms with Crippen molar-refractivity contribution in [3.8, 4) is 0 Å². The Hall–Kier alpha value is -1.12. The predicted molar refractivity (Wildman–Crippen MR) is 35.0 cm³/mol. The summed E-state index contributed by atoms with van der Waals surface area (Å²) < 4.78 is 0. The van der Waals surface area contributed by atoms with E-state index >= 15 is 0 Å². The van der Waals surface area contributed by atoms with E-state index in [0.29, 0.717) is 11.5 Å². The summed E-state index contributed by atoms with van der Waals surface area (Å²) in [7, 11) is 1.68. The molecule has 1 rings (SSSR count). The summed E-state index contributed by atoms with van der Waals surface area (Å²) in [5.41, 5.74) is 0.329. The Morgan fingerprint density at radius 3 is 2.33 bits per heavy atom. The lowest BCUT2D eigenvalue weighted by molar-refractivity contribution is -0.121. The fraction of sp³-hybridized carbons (Fsp3) is 0.333. The van der Waals surface area contributed by atoms with Crippen LogP contribution in [0.15, 0.2) is 17.3 Å². The molecule has 9 heavy (non-hydrogen) atoms. The Morgan fingerprint density at radius 2 is 2.22 bits per heavy atom. The molecule has 0 N–H and O–H groups in total. The molecule has 0 atom stereocenters. The van der Waals surface area contributed by atoms with Crippen molar-refractivity contribution in [2.24, 2.45) is 4.99 Å². The van der Waals surface area contributed by atoms with Crippen LogP contribution in [0.1, 0.15) is 6.92 Å². The molecular weight excluding hydrogens is 116 g/mol. The van der Waals surface area contributed by atoms with Gasteiger partial charge in [0.25, 0.3) is 5.91 Å². The normalized spacial score (nSPS) is 18.9. The molecule has 3 nitrogen and oxygen atoms in total. The third kappa shape index (κ3) is 0.740. The highest BCUT2D eigenvalue weighted by Crippen LogP contribution is 2.08. The molecule has 48 valence electrons. The summed E-state index contributed by atoms with van der Waals surface area (Å²) in [6, 6.07) is 0. The Morgan fingerprint density at radius 1 is 1.67 bits per heavy atom. The Kier molecular flexibility index (Phi) is 1.12. The maximum Gasteiger partial charge on any atom is 0.276 e. The van der Waals surface area contributed by atoms with E-state index in [1.165, 1.54) is 4.90 Å². The van der Waals surface area contributed by atoms with Gasteiger partial charge in [0.15, 0.2) is 0 Å². The zero-order chi connectivity index (χ0) is 7.02. The van der Waals surface area contributed by atoms with Crippen LogP contribution < -0.4 is 0 Å². The van der Waals surface area contributed by atoms with Crippen molar-refractivity contribution < 1.29 is 4.79 Å². The molecule has 1 aliphatic heterocycles. The second-order valence-electron chi connectivity index (χ2n) is 1.97. The van der Waals surface area contributed by atoms with Crippen molar-refractivity contribution in [3.05, 3.63) is 12.3 Å². The molecule has 0 saturated heterocycles. The van der Waals surface area contributed by atoms with Gasteiger partial charge < -0.3 is 0 Å². The quantitative estimate of drug-likeness (QED) is 0.430. The van der Waals surface area contributed by atoms with Gasteiger partial charge in [0.1, 0.15) is 11.5 Å². The number of hydrogen-bond donors (Lipinski definition) is 0. The Balaban J connectivity index is 2.95. The minimum Gasteiger partial charge on any atom is -0.298 e. The summed E-state index contributed by atoms with van der Waals surface area (Å²) in [5.74, 6) is 0.609. The van der Waals surface area contributed by atoms with E-state index in [1.807, 2.05) is 0 Å². The average molecular weight is 124 g/mol. The SMILES string of the molecule is C=C1N=C(C)N(C)C1=O. The second-order valence-corrected chi connectivity index (χ2v) is 1.97. The summed E-state index contributed by atoms with van der Waals surface area (Å²) in [6.45, 7) is 5.23. The molecule has 0 spiro atoms. The van der Waals surface area contributed by atoms with Gasteiger partial charge in [-0.2, -0.15) is 0 Å². The standard InChI is InChI=1S/C6H8N2O/c1-4-6(9)8(3)5(2)7-4/h1H2,2-3H3. The molecule has 0 aromatic carbocycles. The van der Waals surface area contributed by atoms with Crippen LogP contribution in [0.3, 0.4) is 0 Å². The van der Waals surface area contributed by atoms with Gasteiger partial charge in [-0.1, -0.05) is 6.58 Å². The molecule has 0 aromatic rings. The molecule has 1 aliphatic rings. The molecule has 0 aromatic heterocycles. The van der Waals surface area contributed by atoms with Crippen molar-refractivity contribution in [2.75, 3.05) is 7.05 Å². The molecule has 3 heteroatoms. The molecule has 0 unspecified atom stereocenters. The number of hydrogen-bond acceptors (Lipinski definition) is 2. The van der Waals surface area contributed by atoms with Gasteiger partial charge in [-0.25, -0.2) is 4.99 Å². The average Bonchev–Trinajstić information content (AvgIpc) is 1.98. The first-order valence-electron chi connectivity index (χ1n) is 2.65. The van der Waals surface area contributed by atoms with Crippen LogP contribution in [0.4, 0.5) is 0 Å². The minimum atomic E-state index is -0.104. The third-order valence-electron chi connectivity index (χ3n) is 1.33. The van der Waals surface area contributed by atoms with Gasteiger partial charge in [-0.3, -0.25) is 9.69 Å². The molecular formula is C6H8N2O. The number of amides is 1. The Labute approximate surface area is 53.7 Å².